The standard InChI is InChI=1S/C14H28O/c1-10(2)12-8-6-7-9-14(5,15)13(12)11(3)4/h10-13,15H,6-9H2,1-5H3. The lowest BCUT2D eigenvalue weighted by Crippen LogP contribution is -2.42. The average Bonchev–Trinajstić information content (AvgIpc) is 2.22. The summed E-state index contributed by atoms with van der Waals surface area (Å²) in [7, 11) is 0. The summed E-state index contributed by atoms with van der Waals surface area (Å²) in [6, 6.07) is 0. The molecule has 1 aliphatic rings. The smallest absolute Gasteiger partial charge is 0.0653 e. The molecule has 3 unspecified atom stereocenters. The molecule has 1 saturated carbocycles. The van der Waals surface area contributed by atoms with Gasteiger partial charge in [-0.15, -0.1) is 0 Å². The third kappa shape index (κ3) is 2.96. The van der Waals surface area contributed by atoms with Crippen molar-refractivity contribution in [2.75, 3.05) is 0 Å². The molecule has 1 N–H and O–H groups in total. The van der Waals surface area contributed by atoms with Gasteiger partial charge in [0.05, 0.1) is 5.60 Å². The van der Waals surface area contributed by atoms with Gasteiger partial charge in [0.2, 0.25) is 0 Å². The minimum atomic E-state index is -0.445. The van der Waals surface area contributed by atoms with Gasteiger partial charge in [-0.25, -0.2) is 0 Å². The second-order valence-electron chi connectivity index (χ2n) is 6.28. The summed E-state index contributed by atoms with van der Waals surface area (Å²) in [5.74, 6) is 2.45. The van der Waals surface area contributed by atoms with Crippen LogP contribution in [-0.4, -0.2) is 10.7 Å². The molecule has 90 valence electrons. The van der Waals surface area contributed by atoms with Crippen molar-refractivity contribution in [2.45, 2.75) is 65.9 Å². The normalized spacial score (nSPS) is 38.4. The molecule has 0 aliphatic heterocycles. The molecule has 1 aliphatic carbocycles. The molecular formula is C14H28O. The Balaban J connectivity index is 2.92. The Kier molecular flexibility index (Phi) is 4.22. The molecule has 1 heteroatoms. The van der Waals surface area contributed by atoms with Crippen LogP contribution in [0.5, 0.6) is 0 Å². The highest BCUT2D eigenvalue weighted by atomic mass is 16.3. The lowest BCUT2D eigenvalue weighted by molar-refractivity contribution is -0.0563. The second-order valence-corrected chi connectivity index (χ2v) is 6.28. The first-order chi connectivity index (χ1) is 6.86. The zero-order valence-electron chi connectivity index (χ0n) is 11.1. The predicted molar refractivity (Wildman–Crippen MR) is 65.7 cm³/mol. The van der Waals surface area contributed by atoms with Gasteiger partial charge in [-0.1, -0.05) is 40.5 Å². The maximum absolute atomic E-state index is 10.6. The minimum Gasteiger partial charge on any atom is -0.390 e. The zero-order valence-corrected chi connectivity index (χ0v) is 11.1. The summed E-state index contributed by atoms with van der Waals surface area (Å²) in [6.07, 6.45) is 4.78. The number of hydrogen-bond donors (Lipinski definition) is 1. The van der Waals surface area contributed by atoms with E-state index in [2.05, 4.69) is 34.6 Å². The summed E-state index contributed by atoms with van der Waals surface area (Å²) >= 11 is 0. The summed E-state index contributed by atoms with van der Waals surface area (Å²) in [4.78, 5) is 0. The van der Waals surface area contributed by atoms with E-state index in [9.17, 15) is 5.11 Å². The van der Waals surface area contributed by atoms with Crippen LogP contribution in [0.1, 0.15) is 60.3 Å². The van der Waals surface area contributed by atoms with Gasteiger partial charge in [-0.3, -0.25) is 0 Å². The maximum Gasteiger partial charge on any atom is 0.0653 e. The van der Waals surface area contributed by atoms with Crippen LogP contribution in [0, 0.1) is 23.7 Å². The molecule has 15 heavy (non-hydrogen) atoms. The van der Waals surface area contributed by atoms with Gasteiger partial charge in [-0.2, -0.15) is 0 Å². The lowest BCUT2D eigenvalue weighted by atomic mass is 9.68. The predicted octanol–water partition coefficient (Wildman–Crippen LogP) is 3.86. The fraction of sp³-hybridized carbons (Fsp3) is 1.00. The number of rotatable bonds is 2. The quantitative estimate of drug-likeness (QED) is 0.689. The first-order valence-corrected chi connectivity index (χ1v) is 6.58. The van der Waals surface area contributed by atoms with Gasteiger partial charge in [0.1, 0.15) is 0 Å². The molecule has 0 spiro atoms. The van der Waals surface area contributed by atoms with Crippen molar-refractivity contribution in [3.63, 3.8) is 0 Å². The van der Waals surface area contributed by atoms with Gasteiger partial charge in [0.15, 0.2) is 0 Å². The van der Waals surface area contributed by atoms with E-state index < -0.39 is 5.60 Å². The van der Waals surface area contributed by atoms with Crippen LogP contribution in [0.3, 0.4) is 0 Å². The second kappa shape index (κ2) is 4.86. The van der Waals surface area contributed by atoms with Crippen LogP contribution < -0.4 is 0 Å². The summed E-state index contributed by atoms with van der Waals surface area (Å²) < 4.78 is 0. The Morgan fingerprint density at radius 1 is 1.07 bits per heavy atom. The topological polar surface area (TPSA) is 20.2 Å². The molecule has 0 aromatic carbocycles. The van der Waals surface area contributed by atoms with Crippen LogP contribution in [0.15, 0.2) is 0 Å². The van der Waals surface area contributed by atoms with E-state index in [1.165, 1.54) is 19.3 Å². The van der Waals surface area contributed by atoms with E-state index in [0.717, 1.165) is 6.42 Å². The Hall–Kier alpha value is -0.0400. The monoisotopic (exact) mass is 212 g/mol. The summed E-state index contributed by atoms with van der Waals surface area (Å²) in [6.45, 7) is 11.2. The highest BCUT2D eigenvalue weighted by molar-refractivity contribution is 4.91. The Morgan fingerprint density at radius 2 is 1.67 bits per heavy atom. The van der Waals surface area contributed by atoms with E-state index in [1.807, 2.05) is 0 Å². The Bertz CT molecular complexity index is 194. The van der Waals surface area contributed by atoms with Crippen LogP contribution in [0.25, 0.3) is 0 Å². The van der Waals surface area contributed by atoms with E-state index in [-0.39, 0.29) is 0 Å². The van der Waals surface area contributed by atoms with Crippen molar-refractivity contribution in [3.8, 4) is 0 Å². The van der Waals surface area contributed by atoms with E-state index in [1.54, 1.807) is 0 Å². The molecule has 1 nitrogen and oxygen atoms in total. The average molecular weight is 212 g/mol. The van der Waals surface area contributed by atoms with E-state index in [0.29, 0.717) is 23.7 Å². The van der Waals surface area contributed by atoms with Gasteiger partial charge in [0, 0.05) is 0 Å². The van der Waals surface area contributed by atoms with E-state index in [4.69, 9.17) is 0 Å². The van der Waals surface area contributed by atoms with Crippen molar-refractivity contribution in [3.05, 3.63) is 0 Å². The molecule has 0 aromatic heterocycles. The molecular weight excluding hydrogens is 184 g/mol. The Morgan fingerprint density at radius 3 is 2.13 bits per heavy atom. The molecule has 0 bridgehead atoms. The maximum atomic E-state index is 10.6. The van der Waals surface area contributed by atoms with Crippen molar-refractivity contribution >= 4 is 0 Å². The molecule has 1 fully saturated rings. The molecule has 3 atom stereocenters. The van der Waals surface area contributed by atoms with Crippen LogP contribution in [0.4, 0.5) is 0 Å². The molecule has 0 saturated heterocycles. The van der Waals surface area contributed by atoms with Crippen molar-refractivity contribution < 1.29 is 5.11 Å². The number of hydrogen-bond acceptors (Lipinski definition) is 1. The van der Waals surface area contributed by atoms with Gasteiger partial charge in [0.25, 0.3) is 0 Å². The van der Waals surface area contributed by atoms with E-state index >= 15 is 0 Å². The largest absolute Gasteiger partial charge is 0.390 e. The SMILES string of the molecule is CC(C)C1CCCCC(C)(O)C1C(C)C. The van der Waals surface area contributed by atoms with Crippen molar-refractivity contribution in [1.29, 1.82) is 0 Å². The molecule has 0 radical (unpaired) electrons. The minimum absolute atomic E-state index is 0.445. The third-order valence-corrected chi connectivity index (χ3v) is 4.22. The first kappa shape index (κ1) is 13.0. The van der Waals surface area contributed by atoms with Gasteiger partial charge < -0.3 is 5.11 Å². The van der Waals surface area contributed by atoms with Crippen molar-refractivity contribution in [1.82, 2.24) is 0 Å². The van der Waals surface area contributed by atoms with Gasteiger partial charge >= 0.3 is 0 Å². The van der Waals surface area contributed by atoms with Crippen LogP contribution in [-0.2, 0) is 0 Å². The lowest BCUT2D eigenvalue weighted by Gasteiger charge is -2.41. The van der Waals surface area contributed by atoms with Gasteiger partial charge in [-0.05, 0) is 43.4 Å². The summed E-state index contributed by atoms with van der Waals surface area (Å²) in [5.41, 5.74) is -0.445. The molecule has 0 heterocycles. The zero-order chi connectivity index (χ0) is 11.6. The highest BCUT2D eigenvalue weighted by Crippen LogP contribution is 2.43. The van der Waals surface area contributed by atoms with Crippen LogP contribution in [0.2, 0.25) is 0 Å². The first-order valence-electron chi connectivity index (χ1n) is 6.58. The molecule has 1 rings (SSSR count). The highest BCUT2D eigenvalue weighted by Gasteiger charge is 2.41. The molecule has 0 aromatic rings. The fourth-order valence-electron chi connectivity index (χ4n) is 3.63. The molecule has 0 amide bonds. The van der Waals surface area contributed by atoms with Crippen LogP contribution >= 0.6 is 0 Å². The summed E-state index contributed by atoms with van der Waals surface area (Å²) in [5, 5.41) is 10.6. The fourth-order valence-corrected chi connectivity index (χ4v) is 3.63. The number of aliphatic hydroxyl groups is 1. The van der Waals surface area contributed by atoms with Crippen molar-refractivity contribution in [2.24, 2.45) is 23.7 Å². The Labute approximate surface area is 95.3 Å². The third-order valence-electron chi connectivity index (χ3n) is 4.22.